The predicted molar refractivity (Wildman–Crippen MR) is 95.1 cm³/mol. The van der Waals surface area contributed by atoms with Crippen molar-refractivity contribution < 1.29 is 0 Å². The highest BCUT2D eigenvalue weighted by Gasteiger charge is 2.15. The van der Waals surface area contributed by atoms with E-state index in [0.717, 1.165) is 34.0 Å². The van der Waals surface area contributed by atoms with Gasteiger partial charge in [0.2, 0.25) is 0 Å². The number of nitrogens with one attached hydrogen (secondary N) is 1. The fourth-order valence-corrected chi connectivity index (χ4v) is 2.78. The van der Waals surface area contributed by atoms with Gasteiger partial charge in [0.1, 0.15) is 17.2 Å². The number of hydrogen-bond donors (Lipinski definition) is 1. The molecule has 112 valence electrons. The molecule has 0 saturated carbocycles. The van der Waals surface area contributed by atoms with Gasteiger partial charge < -0.3 is 5.32 Å². The van der Waals surface area contributed by atoms with Crippen LogP contribution in [0.1, 0.15) is 5.56 Å². The highest BCUT2D eigenvalue weighted by Crippen LogP contribution is 2.31. The van der Waals surface area contributed by atoms with Crippen LogP contribution < -0.4 is 5.32 Å². The van der Waals surface area contributed by atoms with Crippen LogP contribution in [-0.4, -0.2) is 9.38 Å². The molecule has 2 heterocycles. The number of rotatable bonds is 3. The molecule has 3 nitrogen and oxygen atoms in total. The maximum absolute atomic E-state index is 4.88. The first-order valence-electron chi connectivity index (χ1n) is 7.68. The number of hydrogen-bond acceptors (Lipinski definition) is 2. The summed E-state index contributed by atoms with van der Waals surface area (Å²) in [5.74, 6) is 0.987. The van der Waals surface area contributed by atoms with Gasteiger partial charge in [0, 0.05) is 17.4 Å². The summed E-state index contributed by atoms with van der Waals surface area (Å²) in [5.41, 5.74) is 5.25. The SMILES string of the molecule is Cc1cccn2c(Nc3ccccc3)c(-c3ccccc3)nc12. The number of imidazole rings is 1. The summed E-state index contributed by atoms with van der Waals surface area (Å²) in [6.07, 6.45) is 2.05. The van der Waals surface area contributed by atoms with Crippen LogP contribution >= 0.6 is 0 Å². The molecular weight excluding hydrogens is 282 g/mol. The molecule has 4 aromatic rings. The van der Waals surface area contributed by atoms with Gasteiger partial charge in [0.25, 0.3) is 0 Å². The van der Waals surface area contributed by atoms with Crippen molar-refractivity contribution in [3.8, 4) is 11.3 Å². The Labute approximate surface area is 135 Å². The lowest BCUT2D eigenvalue weighted by Crippen LogP contribution is -1.97. The first-order valence-corrected chi connectivity index (χ1v) is 7.68. The van der Waals surface area contributed by atoms with Crippen LogP contribution in [0.15, 0.2) is 79.0 Å². The Hall–Kier alpha value is -3.07. The minimum absolute atomic E-state index is 0.962. The van der Waals surface area contributed by atoms with E-state index in [9.17, 15) is 0 Å². The zero-order valence-corrected chi connectivity index (χ0v) is 12.9. The number of para-hydroxylation sites is 1. The van der Waals surface area contributed by atoms with E-state index in [2.05, 4.69) is 53.0 Å². The van der Waals surface area contributed by atoms with Crippen molar-refractivity contribution in [1.29, 1.82) is 0 Å². The first kappa shape index (κ1) is 13.6. The number of fused-ring (bicyclic) bond motifs is 1. The second-order valence-electron chi connectivity index (χ2n) is 5.55. The second kappa shape index (κ2) is 5.61. The molecular formula is C20H17N3. The standard InChI is InChI=1S/C20H17N3/c1-15-9-8-14-23-19(15)22-18(16-10-4-2-5-11-16)20(23)21-17-12-6-3-7-13-17/h2-14,21H,1H3. The zero-order valence-electron chi connectivity index (χ0n) is 12.9. The Morgan fingerprint density at radius 2 is 1.52 bits per heavy atom. The predicted octanol–water partition coefficient (Wildman–Crippen LogP) is 5.05. The third kappa shape index (κ3) is 2.46. The van der Waals surface area contributed by atoms with Crippen molar-refractivity contribution in [3.05, 3.63) is 84.6 Å². The second-order valence-corrected chi connectivity index (χ2v) is 5.55. The average Bonchev–Trinajstić information content (AvgIpc) is 2.97. The monoisotopic (exact) mass is 299 g/mol. The number of pyridine rings is 1. The molecule has 0 fully saturated rings. The molecule has 0 radical (unpaired) electrons. The minimum Gasteiger partial charge on any atom is -0.339 e. The van der Waals surface area contributed by atoms with Gasteiger partial charge in [0.15, 0.2) is 0 Å². The molecule has 0 aliphatic heterocycles. The summed E-state index contributed by atoms with van der Waals surface area (Å²) in [5, 5.41) is 3.52. The number of nitrogens with zero attached hydrogens (tertiary/aromatic N) is 2. The van der Waals surface area contributed by atoms with Crippen molar-refractivity contribution >= 4 is 17.2 Å². The number of aromatic nitrogens is 2. The number of anilines is 2. The molecule has 0 spiro atoms. The maximum Gasteiger partial charge on any atom is 0.143 e. The van der Waals surface area contributed by atoms with Gasteiger partial charge in [-0.1, -0.05) is 54.6 Å². The van der Waals surface area contributed by atoms with E-state index in [4.69, 9.17) is 4.98 Å². The van der Waals surface area contributed by atoms with Crippen molar-refractivity contribution in [2.45, 2.75) is 6.92 Å². The first-order chi connectivity index (χ1) is 11.3. The lowest BCUT2D eigenvalue weighted by atomic mass is 10.1. The normalized spacial score (nSPS) is 10.8. The van der Waals surface area contributed by atoms with Crippen LogP contribution in [0.3, 0.4) is 0 Å². The Balaban J connectivity index is 1.94. The van der Waals surface area contributed by atoms with Crippen LogP contribution in [0.4, 0.5) is 11.5 Å². The Morgan fingerprint density at radius 1 is 0.826 bits per heavy atom. The highest BCUT2D eigenvalue weighted by atomic mass is 15.1. The highest BCUT2D eigenvalue weighted by molar-refractivity contribution is 5.80. The summed E-state index contributed by atoms with van der Waals surface area (Å²) in [6, 6.07) is 24.6. The molecule has 0 amide bonds. The Morgan fingerprint density at radius 3 is 2.26 bits per heavy atom. The molecule has 4 rings (SSSR count). The summed E-state index contributed by atoms with van der Waals surface area (Å²) < 4.78 is 2.12. The topological polar surface area (TPSA) is 29.3 Å². The van der Waals surface area contributed by atoms with Crippen LogP contribution in [0, 0.1) is 6.92 Å². The van der Waals surface area contributed by atoms with Gasteiger partial charge in [-0.15, -0.1) is 0 Å². The lowest BCUT2D eigenvalue weighted by Gasteiger charge is -2.09. The minimum atomic E-state index is 0.962. The van der Waals surface area contributed by atoms with Crippen LogP contribution in [0.5, 0.6) is 0 Å². The third-order valence-corrected chi connectivity index (χ3v) is 3.93. The molecule has 0 atom stereocenters. The van der Waals surface area contributed by atoms with E-state index >= 15 is 0 Å². The Kier molecular flexibility index (Phi) is 3.31. The van der Waals surface area contributed by atoms with E-state index < -0.39 is 0 Å². The number of benzene rings is 2. The van der Waals surface area contributed by atoms with Crippen LogP contribution in [0.25, 0.3) is 16.9 Å². The van der Waals surface area contributed by atoms with E-state index in [0.29, 0.717) is 0 Å². The largest absolute Gasteiger partial charge is 0.339 e. The van der Waals surface area contributed by atoms with E-state index in [1.54, 1.807) is 0 Å². The average molecular weight is 299 g/mol. The molecule has 0 bridgehead atoms. The lowest BCUT2D eigenvalue weighted by molar-refractivity contribution is 1.16. The summed E-state index contributed by atoms with van der Waals surface area (Å²) >= 11 is 0. The van der Waals surface area contributed by atoms with Crippen molar-refractivity contribution in [2.24, 2.45) is 0 Å². The molecule has 0 aliphatic carbocycles. The van der Waals surface area contributed by atoms with Gasteiger partial charge in [0.05, 0.1) is 0 Å². The molecule has 0 saturated heterocycles. The number of aryl methyl sites for hydroxylation is 1. The molecule has 0 aliphatic rings. The van der Waals surface area contributed by atoms with Gasteiger partial charge >= 0.3 is 0 Å². The van der Waals surface area contributed by atoms with Crippen LogP contribution in [-0.2, 0) is 0 Å². The summed E-state index contributed by atoms with van der Waals surface area (Å²) in [7, 11) is 0. The van der Waals surface area contributed by atoms with E-state index in [1.807, 2.05) is 42.6 Å². The summed E-state index contributed by atoms with van der Waals surface area (Å²) in [6.45, 7) is 2.09. The molecule has 1 N–H and O–H groups in total. The van der Waals surface area contributed by atoms with Gasteiger partial charge in [-0.25, -0.2) is 4.98 Å². The smallest absolute Gasteiger partial charge is 0.143 e. The molecule has 2 aromatic carbocycles. The fraction of sp³-hybridized carbons (Fsp3) is 0.0500. The zero-order chi connectivity index (χ0) is 15.6. The summed E-state index contributed by atoms with van der Waals surface area (Å²) in [4.78, 5) is 4.88. The molecule has 23 heavy (non-hydrogen) atoms. The maximum atomic E-state index is 4.88. The van der Waals surface area contributed by atoms with Crippen molar-refractivity contribution in [2.75, 3.05) is 5.32 Å². The molecule has 0 unspecified atom stereocenters. The van der Waals surface area contributed by atoms with E-state index in [-0.39, 0.29) is 0 Å². The quantitative estimate of drug-likeness (QED) is 0.573. The van der Waals surface area contributed by atoms with Gasteiger partial charge in [-0.3, -0.25) is 4.40 Å². The van der Waals surface area contributed by atoms with Gasteiger partial charge in [-0.2, -0.15) is 0 Å². The third-order valence-electron chi connectivity index (χ3n) is 3.93. The van der Waals surface area contributed by atoms with E-state index in [1.165, 1.54) is 0 Å². The van der Waals surface area contributed by atoms with Gasteiger partial charge in [-0.05, 0) is 30.7 Å². The van der Waals surface area contributed by atoms with Crippen LogP contribution in [0.2, 0.25) is 0 Å². The Bertz CT molecular complexity index is 941. The molecule has 3 heteroatoms. The molecule has 2 aromatic heterocycles. The van der Waals surface area contributed by atoms with Crippen molar-refractivity contribution in [3.63, 3.8) is 0 Å². The fourth-order valence-electron chi connectivity index (χ4n) is 2.78. The van der Waals surface area contributed by atoms with Crippen molar-refractivity contribution in [1.82, 2.24) is 9.38 Å².